The predicted octanol–water partition coefficient (Wildman–Crippen LogP) is 2.57. The average Bonchev–Trinajstić information content (AvgIpc) is 3.07. The van der Waals surface area contributed by atoms with E-state index in [-0.39, 0.29) is 17.5 Å². The molecule has 1 fully saturated rings. The zero-order valence-electron chi connectivity index (χ0n) is 15.1. The van der Waals surface area contributed by atoms with E-state index >= 15 is 0 Å². The fourth-order valence-corrected chi connectivity index (χ4v) is 4.06. The highest BCUT2D eigenvalue weighted by Gasteiger charge is 2.38. The van der Waals surface area contributed by atoms with Gasteiger partial charge >= 0.3 is 0 Å². The fourth-order valence-electron chi connectivity index (χ4n) is 3.29. The van der Waals surface area contributed by atoms with E-state index in [9.17, 15) is 14.4 Å². The molecule has 1 aliphatic rings. The van der Waals surface area contributed by atoms with Crippen molar-refractivity contribution in [2.75, 3.05) is 18.6 Å². The van der Waals surface area contributed by atoms with E-state index in [1.807, 2.05) is 0 Å². The van der Waals surface area contributed by atoms with Crippen molar-refractivity contribution in [3.05, 3.63) is 30.1 Å². The van der Waals surface area contributed by atoms with Crippen LogP contribution in [0.5, 0.6) is 0 Å². The third-order valence-electron chi connectivity index (χ3n) is 5.00. The van der Waals surface area contributed by atoms with E-state index in [2.05, 4.69) is 16.3 Å². The van der Waals surface area contributed by atoms with Crippen LogP contribution in [0.2, 0.25) is 0 Å². The minimum atomic E-state index is -0.717. The topological polar surface area (TPSA) is 101 Å². The van der Waals surface area contributed by atoms with Crippen molar-refractivity contribution in [3.8, 4) is 17.5 Å². The van der Waals surface area contributed by atoms with Crippen LogP contribution in [0.15, 0.2) is 29.4 Å². The summed E-state index contributed by atoms with van der Waals surface area (Å²) in [5.74, 6) is 6.04. The van der Waals surface area contributed by atoms with Gasteiger partial charge in [0.05, 0.1) is 11.8 Å². The molecule has 2 N–H and O–H groups in total. The molecule has 1 amide bonds. The lowest BCUT2D eigenvalue weighted by molar-refractivity contribution is -0.131. The number of hydrogen-bond donors (Lipinski definition) is 1. The summed E-state index contributed by atoms with van der Waals surface area (Å²) >= 11 is 1.16. The number of nitriles is 1. The summed E-state index contributed by atoms with van der Waals surface area (Å²) in [5, 5.41) is 18.0. The van der Waals surface area contributed by atoms with Gasteiger partial charge in [-0.2, -0.15) is 5.26 Å². The first-order valence-corrected chi connectivity index (χ1v) is 9.72. The fraction of sp³-hybridized carbons (Fsp3) is 0.444. The summed E-state index contributed by atoms with van der Waals surface area (Å²) < 4.78 is 14.3. The highest BCUT2D eigenvalue weighted by Crippen LogP contribution is 2.33. The van der Waals surface area contributed by atoms with Crippen molar-refractivity contribution in [2.45, 2.75) is 42.8 Å². The van der Waals surface area contributed by atoms with Crippen molar-refractivity contribution in [3.63, 3.8) is 0 Å². The van der Waals surface area contributed by atoms with Gasteiger partial charge in [0.15, 0.2) is 5.82 Å². The molecule has 1 aromatic carbocycles. The molecule has 0 saturated heterocycles. The molecule has 1 aliphatic carbocycles. The third kappa shape index (κ3) is 3.90. The molecule has 7 nitrogen and oxygen atoms in total. The zero-order valence-corrected chi connectivity index (χ0v) is 15.9. The SMILES string of the molecule is CN(C(=O)CSc1nnc(-c2ccc(F)cc2)n1N)C1(C#N)CCCCC1. The van der Waals surface area contributed by atoms with Gasteiger partial charge in [-0.25, -0.2) is 9.07 Å². The highest BCUT2D eigenvalue weighted by atomic mass is 32.2. The lowest BCUT2D eigenvalue weighted by atomic mass is 9.81. The smallest absolute Gasteiger partial charge is 0.234 e. The second-order valence-electron chi connectivity index (χ2n) is 6.63. The Morgan fingerprint density at radius 3 is 2.63 bits per heavy atom. The Labute approximate surface area is 161 Å². The summed E-state index contributed by atoms with van der Waals surface area (Å²) in [6.07, 6.45) is 4.42. The number of thioether (sulfide) groups is 1. The van der Waals surface area contributed by atoms with Crippen LogP contribution < -0.4 is 5.84 Å². The van der Waals surface area contributed by atoms with Gasteiger partial charge in [0.1, 0.15) is 11.4 Å². The lowest BCUT2D eigenvalue weighted by Crippen LogP contribution is -2.50. The number of nitrogens with two attached hydrogens (primary N) is 1. The Kier molecular flexibility index (Phi) is 5.65. The number of aromatic nitrogens is 3. The maximum absolute atomic E-state index is 13.1. The van der Waals surface area contributed by atoms with Crippen LogP contribution in [0, 0.1) is 17.1 Å². The van der Waals surface area contributed by atoms with Crippen molar-refractivity contribution in [2.24, 2.45) is 0 Å². The van der Waals surface area contributed by atoms with Crippen molar-refractivity contribution >= 4 is 17.7 Å². The second kappa shape index (κ2) is 7.96. The molecule has 9 heteroatoms. The van der Waals surface area contributed by atoms with Gasteiger partial charge in [-0.15, -0.1) is 10.2 Å². The number of nitrogens with zero attached hydrogens (tertiary/aromatic N) is 5. The first kappa shape index (κ1) is 19.2. The molecule has 27 heavy (non-hydrogen) atoms. The number of rotatable bonds is 5. The highest BCUT2D eigenvalue weighted by molar-refractivity contribution is 7.99. The number of hydrogen-bond acceptors (Lipinski definition) is 6. The average molecular weight is 388 g/mol. The molecule has 142 valence electrons. The van der Waals surface area contributed by atoms with Crippen molar-refractivity contribution in [1.29, 1.82) is 5.26 Å². The summed E-state index contributed by atoms with van der Waals surface area (Å²) in [5.41, 5.74) is -0.0849. The van der Waals surface area contributed by atoms with Crippen molar-refractivity contribution in [1.82, 2.24) is 19.8 Å². The number of nitrogen functional groups attached to an aromatic ring is 1. The molecular formula is C18H21FN6OS. The maximum Gasteiger partial charge on any atom is 0.234 e. The molecule has 0 atom stereocenters. The van der Waals surface area contributed by atoms with Crippen LogP contribution in [0.1, 0.15) is 32.1 Å². The summed E-state index contributed by atoms with van der Waals surface area (Å²) in [6.45, 7) is 0. The van der Waals surface area contributed by atoms with Gasteiger partial charge in [-0.1, -0.05) is 31.0 Å². The maximum atomic E-state index is 13.1. The molecule has 3 rings (SSSR count). The Hall–Kier alpha value is -2.60. The van der Waals surface area contributed by atoms with Crippen molar-refractivity contribution < 1.29 is 9.18 Å². The molecule has 1 heterocycles. The van der Waals surface area contributed by atoms with Crippen LogP contribution in [-0.4, -0.2) is 44.0 Å². The van der Waals surface area contributed by atoms with E-state index < -0.39 is 5.54 Å². The number of carbonyl (C=O) groups is 1. The number of benzene rings is 1. The van der Waals surface area contributed by atoms with Crippen LogP contribution in [-0.2, 0) is 4.79 Å². The van der Waals surface area contributed by atoms with Gasteiger partial charge in [-0.3, -0.25) is 4.79 Å². The number of carbonyl (C=O) groups excluding carboxylic acids is 1. The minimum Gasteiger partial charge on any atom is -0.335 e. The van der Waals surface area contributed by atoms with Crippen LogP contribution in [0.3, 0.4) is 0 Å². The molecular weight excluding hydrogens is 367 g/mol. The minimum absolute atomic E-state index is 0.110. The van der Waals surface area contributed by atoms with E-state index in [0.717, 1.165) is 31.0 Å². The summed E-state index contributed by atoms with van der Waals surface area (Å²) in [6, 6.07) is 8.12. The predicted molar refractivity (Wildman–Crippen MR) is 100 cm³/mol. The van der Waals surface area contributed by atoms with Gasteiger partial charge in [0, 0.05) is 12.6 Å². The van der Waals surface area contributed by atoms with Crippen LogP contribution in [0.4, 0.5) is 4.39 Å². The van der Waals surface area contributed by atoms with E-state index in [1.165, 1.54) is 16.8 Å². The van der Waals surface area contributed by atoms with Gasteiger partial charge in [0.2, 0.25) is 11.1 Å². The molecule has 1 aromatic heterocycles. The molecule has 0 bridgehead atoms. The standard InChI is InChI=1S/C18H21FN6OS/c1-24(18(12-20)9-3-2-4-10-18)15(26)11-27-17-23-22-16(25(17)21)13-5-7-14(19)8-6-13/h5-8H,2-4,9-11,21H2,1H3. The number of amides is 1. The lowest BCUT2D eigenvalue weighted by Gasteiger charge is -2.39. The zero-order chi connectivity index (χ0) is 19.4. The summed E-state index contributed by atoms with van der Waals surface area (Å²) in [4.78, 5) is 14.2. The first-order valence-electron chi connectivity index (χ1n) is 8.74. The Morgan fingerprint density at radius 1 is 1.33 bits per heavy atom. The molecule has 0 unspecified atom stereocenters. The molecule has 2 aromatic rings. The van der Waals surface area contributed by atoms with E-state index in [4.69, 9.17) is 5.84 Å². The Morgan fingerprint density at radius 2 is 2.00 bits per heavy atom. The summed E-state index contributed by atoms with van der Waals surface area (Å²) in [7, 11) is 1.69. The van der Waals surface area contributed by atoms with E-state index in [1.54, 1.807) is 24.1 Å². The molecule has 1 saturated carbocycles. The quantitative estimate of drug-likeness (QED) is 0.624. The largest absolute Gasteiger partial charge is 0.335 e. The third-order valence-corrected chi connectivity index (χ3v) is 5.92. The monoisotopic (exact) mass is 388 g/mol. The Bertz CT molecular complexity index is 854. The van der Waals surface area contributed by atoms with Crippen LogP contribution >= 0.6 is 11.8 Å². The molecule has 0 radical (unpaired) electrons. The normalized spacial score (nSPS) is 15.9. The second-order valence-corrected chi connectivity index (χ2v) is 7.57. The number of halogens is 1. The molecule has 0 spiro atoms. The van der Waals surface area contributed by atoms with Crippen LogP contribution in [0.25, 0.3) is 11.4 Å². The van der Waals surface area contributed by atoms with Gasteiger partial charge < -0.3 is 10.7 Å². The first-order chi connectivity index (χ1) is 13.0. The Balaban J connectivity index is 1.67. The van der Waals surface area contributed by atoms with E-state index in [0.29, 0.717) is 29.4 Å². The van der Waals surface area contributed by atoms with Gasteiger partial charge in [0.25, 0.3) is 0 Å². The molecule has 0 aliphatic heterocycles. The van der Waals surface area contributed by atoms with Gasteiger partial charge in [-0.05, 0) is 37.1 Å².